The van der Waals surface area contributed by atoms with Crippen LogP contribution in [0.15, 0.2) is 42.6 Å². The van der Waals surface area contributed by atoms with Crippen molar-refractivity contribution in [1.29, 1.82) is 0 Å². The standard InChI is InChI=1S/C19H22N4O/c1-13-8-9-17-15(12-13)16(6-5-11-24-17)20-14(2)19-22-21-18-7-3-4-10-23(18)19/h3-4,7-10,12,14,16,20H,5-6,11H2,1-2H3/t14-,16-/m0/s1. The Morgan fingerprint density at radius 3 is 3.08 bits per heavy atom. The number of hydrogen-bond donors (Lipinski definition) is 1. The second-order valence-corrected chi connectivity index (χ2v) is 6.46. The summed E-state index contributed by atoms with van der Waals surface area (Å²) in [7, 11) is 0. The lowest BCUT2D eigenvalue weighted by atomic mass is 9.99. The van der Waals surface area contributed by atoms with Crippen molar-refractivity contribution in [3.63, 3.8) is 0 Å². The molecular weight excluding hydrogens is 300 g/mol. The van der Waals surface area contributed by atoms with Gasteiger partial charge in [0.25, 0.3) is 0 Å². The van der Waals surface area contributed by atoms with Gasteiger partial charge in [0.15, 0.2) is 11.5 Å². The van der Waals surface area contributed by atoms with E-state index in [1.807, 2.05) is 28.8 Å². The van der Waals surface area contributed by atoms with Crippen LogP contribution < -0.4 is 10.1 Å². The van der Waals surface area contributed by atoms with Crippen LogP contribution in [0.1, 0.15) is 48.8 Å². The second kappa shape index (κ2) is 6.24. The molecule has 1 aromatic carbocycles. The fourth-order valence-corrected chi connectivity index (χ4v) is 3.40. The van der Waals surface area contributed by atoms with Crippen LogP contribution in [0.2, 0.25) is 0 Å². The van der Waals surface area contributed by atoms with Crippen molar-refractivity contribution in [1.82, 2.24) is 19.9 Å². The van der Waals surface area contributed by atoms with Gasteiger partial charge in [0.05, 0.1) is 12.6 Å². The number of pyridine rings is 1. The number of benzene rings is 1. The predicted molar refractivity (Wildman–Crippen MR) is 93.2 cm³/mol. The number of nitrogens with zero attached hydrogens (tertiary/aromatic N) is 3. The summed E-state index contributed by atoms with van der Waals surface area (Å²) in [5.74, 6) is 1.93. The Labute approximate surface area is 141 Å². The summed E-state index contributed by atoms with van der Waals surface area (Å²) >= 11 is 0. The summed E-state index contributed by atoms with van der Waals surface area (Å²) < 4.78 is 7.95. The lowest BCUT2D eigenvalue weighted by molar-refractivity contribution is 0.314. The van der Waals surface area contributed by atoms with E-state index in [9.17, 15) is 0 Å². The lowest BCUT2D eigenvalue weighted by Crippen LogP contribution is -2.26. The molecule has 124 valence electrons. The number of nitrogens with one attached hydrogen (secondary N) is 1. The van der Waals surface area contributed by atoms with Gasteiger partial charge in [-0.25, -0.2) is 0 Å². The molecule has 0 spiro atoms. The zero-order valence-corrected chi connectivity index (χ0v) is 14.1. The fourth-order valence-electron chi connectivity index (χ4n) is 3.40. The van der Waals surface area contributed by atoms with E-state index in [1.54, 1.807) is 0 Å². The molecule has 0 saturated carbocycles. The summed E-state index contributed by atoms with van der Waals surface area (Å²) in [6, 6.07) is 12.7. The van der Waals surface area contributed by atoms with Crippen LogP contribution in [0.5, 0.6) is 5.75 Å². The van der Waals surface area contributed by atoms with E-state index >= 15 is 0 Å². The molecule has 1 N–H and O–H groups in total. The van der Waals surface area contributed by atoms with Crippen molar-refractivity contribution in [2.45, 2.75) is 38.8 Å². The van der Waals surface area contributed by atoms with E-state index in [-0.39, 0.29) is 12.1 Å². The SMILES string of the molecule is Cc1ccc2c(c1)[C@@H](N[C@@H](C)c1nnc3ccccn13)CCCO2. The van der Waals surface area contributed by atoms with Gasteiger partial charge in [-0.05, 0) is 44.9 Å². The Kier molecular flexibility index (Phi) is 3.94. The van der Waals surface area contributed by atoms with Crippen molar-refractivity contribution in [3.8, 4) is 5.75 Å². The molecule has 0 fully saturated rings. The molecule has 2 atom stereocenters. The molecule has 1 aliphatic rings. The van der Waals surface area contributed by atoms with Gasteiger partial charge in [-0.3, -0.25) is 4.40 Å². The quantitative estimate of drug-likeness (QED) is 0.800. The van der Waals surface area contributed by atoms with Gasteiger partial charge in [-0.1, -0.05) is 23.8 Å². The third kappa shape index (κ3) is 2.76. The molecule has 4 rings (SSSR count). The first-order chi connectivity index (χ1) is 11.7. The number of rotatable bonds is 3. The average molecular weight is 322 g/mol. The topological polar surface area (TPSA) is 51.5 Å². The highest BCUT2D eigenvalue weighted by Gasteiger charge is 2.23. The zero-order chi connectivity index (χ0) is 16.5. The molecule has 2 aromatic heterocycles. The van der Waals surface area contributed by atoms with Crippen LogP contribution in [0, 0.1) is 6.92 Å². The average Bonchev–Trinajstić information content (AvgIpc) is 2.93. The molecule has 3 aromatic rings. The molecule has 0 aliphatic carbocycles. The summed E-state index contributed by atoms with van der Waals surface area (Å²) in [5, 5.41) is 12.4. The third-order valence-electron chi connectivity index (χ3n) is 4.61. The van der Waals surface area contributed by atoms with Gasteiger partial charge >= 0.3 is 0 Å². The Morgan fingerprint density at radius 1 is 1.25 bits per heavy atom. The van der Waals surface area contributed by atoms with Crippen molar-refractivity contribution in [2.75, 3.05) is 6.61 Å². The van der Waals surface area contributed by atoms with Crippen LogP contribution in [0.25, 0.3) is 5.65 Å². The van der Waals surface area contributed by atoms with Crippen molar-refractivity contribution in [3.05, 3.63) is 59.5 Å². The van der Waals surface area contributed by atoms with Gasteiger partial charge in [0.1, 0.15) is 5.75 Å². The minimum atomic E-state index is 0.0962. The molecule has 0 radical (unpaired) electrons. The fraction of sp³-hybridized carbons (Fsp3) is 0.368. The summed E-state index contributed by atoms with van der Waals surface area (Å²) in [6.07, 6.45) is 4.10. The van der Waals surface area contributed by atoms with Gasteiger partial charge in [0.2, 0.25) is 0 Å². The maximum absolute atomic E-state index is 5.90. The first-order valence-corrected chi connectivity index (χ1v) is 8.51. The Hall–Kier alpha value is -2.40. The monoisotopic (exact) mass is 322 g/mol. The van der Waals surface area contributed by atoms with E-state index in [1.165, 1.54) is 11.1 Å². The van der Waals surface area contributed by atoms with Crippen molar-refractivity contribution >= 4 is 5.65 Å². The third-order valence-corrected chi connectivity index (χ3v) is 4.61. The number of aromatic nitrogens is 3. The number of aryl methyl sites for hydroxylation is 1. The lowest BCUT2D eigenvalue weighted by Gasteiger charge is -2.22. The minimum absolute atomic E-state index is 0.0962. The molecule has 24 heavy (non-hydrogen) atoms. The van der Waals surface area contributed by atoms with Gasteiger partial charge in [0, 0.05) is 17.8 Å². The zero-order valence-electron chi connectivity index (χ0n) is 14.1. The van der Waals surface area contributed by atoms with Gasteiger partial charge < -0.3 is 10.1 Å². The number of hydrogen-bond acceptors (Lipinski definition) is 4. The van der Waals surface area contributed by atoms with Crippen LogP contribution in [0.3, 0.4) is 0 Å². The highest BCUT2D eigenvalue weighted by atomic mass is 16.5. The van der Waals surface area contributed by atoms with E-state index in [2.05, 4.69) is 47.6 Å². The van der Waals surface area contributed by atoms with Crippen LogP contribution >= 0.6 is 0 Å². The summed E-state index contributed by atoms with van der Waals surface area (Å²) in [4.78, 5) is 0. The van der Waals surface area contributed by atoms with E-state index < -0.39 is 0 Å². The molecule has 5 nitrogen and oxygen atoms in total. The number of ether oxygens (including phenoxy) is 1. The first kappa shape index (κ1) is 15.1. The molecule has 0 saturated heterocycles. The normalized spacial score (nSPS) is 18.7. The maximum Gasteiger partial charge on any atom is 0.160 e. The van der Waals surface area contributed by atoms with Crippen molar-refractivity contribution < 1.29 is 4.74 Å². The van der Waals surface area contributed by atoms with Crippen LogP contribution in [-0.4, -0.2) is 21.2 Å². The van der Waals surface area contributed by atoms with E-state index in [0.717, 1.165) is 36.7 Å². The van der Waals surface area contributed by atoms with Crippen LogP contribution in [0.4, 0.5) is 0 Å². The highest BCUT2D eigenvalue weighted by Crippen LogP contribution is 2.33. The van der Waals surface area contributed by atoms with E-state index in [4.69, 9.17) is 4.74 Å². The Morgan fingerprint density at radius 2 is 2.17 bits per heavy atom. The molecule has 0 bridgehead atoms. The highest BCUT2D eigenvalue weighted by molar-refractivity contribution is 5.40. The maximum atomic E-state index is 5.90. The Balaban J connectivity index is 1.64. The van der Waals surface area contributed by atoms with Crippen molar-refractivity contribution in [2.24, 2.45) is 0 Å². The smallest absolute Gasteiger partial charge is 0.160 e. The van der Waals surface area contributed by atoms with Gasteiger partial charge in [-0.15, -0.1) is 10.2 Å². The molecule has 0 unspecified atom stereocenters. The van der Waals surface area contributed by atoms with E-state index in [0.29, 0.717) is 0 Å². The minimum Gasteiger partial charge on any atom is -0.493 e. The molecular formula is C19H22N4O. The summed E-state index contributed by atoms with van der Waals surface area (Å²) in [5.41, 5.74) is 3.38. The predicted octanol–water partition coefficient (Wildman–Crippen LogP) is 3.60. The molecule has 5 heteroatoms. The van der Waals surface area contributed by atoms with Crippen LogP contribution in [-0.2, 0) is 0 Å². The second-order valence-electron chi connectivity index (χ2n) is 6.46. The summed E-state index contributed by atoms with van der Waals surface area (Å²) in [6.45, 7) is 5.04. The largest absolute Gasteiger partial charge is 0.493 e. The van der Waals surface area contributed by atoms with Gasteiger partial charge in [-0.2, -0.15) is 0 Å². The molecule has 0 amide bonds. The molecule has 1 aliphatic heterocycles. The first-order valence-electron chi connectivity index (χ1n) is 8.51. The Bertz CT molecular complexity index is 857. The number of fused-ring (bicyclic) bond motifs is 2. The molecule has 3 heterocycles.